The fraction of sp³-hybridized carbons (Fsp3) is 0.350. The van der Waals surface area contributed by atoms with Gasteiger partial charge in [-0.2, -0.15) is 0 Å². The van der Waals surface area contributed by atoms with E-state index < -0.39 is 27.9 Å². The predicted molar refractivity (Wildman–Crippen MR) is 110 cm³/mol. The van der Waals surface area contributed by atoms with Crippen molar-refractivity contribution in [1.29, 1.82) is 0 Å². The van der Waals surface area contributed by atoms with Gasteiger partial charge in [-0.15, -0.1) is 0 Å². The fourth-order valence-corrected chi connectivity index (χ4v) is 3.92. The first-order chi connectivity index (χ1) is 13.8. The van der Waals surface area contributed by atoms with Gasteiger partial charge in [-0.1, -0.05) is 12.1 Å². The van der Waals surface area contributed by atoms with Crippen molar-refractivity contribution in [2.24, 2.45) is 0 Å². The van der Waals surface area contributed by atoms with Crippen LogP contribution in [0.2, 0.25) is 0 Å². The summed E-state index contributed by atoms with van der Waals surface area (Å²) in [5, 5.41) is 0.436. The smallest absolute Gasteiger partial charge is 0.308 e. The summed E-state index contributed by atoms with van der Waals surface area (Å²) in [5.74, 6) is -2.29. The Balaban J connectivity index is 3.07. The van der Waals surface area contributed by atoms with Crippen molar-refractivity contribution in [3.63, 3.8) is 0 Å². The van der Waals surface area contributed by atoms with E-state index in [1.54, 1.807) is 19.9 Å². The van der Waals surface area contributed by atoms with Gasteiger partial charge in [-0.25, -0.2) is 12.7 Å². The van der Waals surface area contributed by atoms with Gasteiger partial charge in [0.15, 0.2) is 11.5 Å². The first kappa shape index (κ1) is 23.1. The Morgan fingerprint density at radius 2 is 1.57 bits per heavy atom. The molecule has 0 fully saturated rings. The van der Waals surface area contributed by atoms with Crippen molar-refractivity contribution in [2.75, 3.05) is 10.6 Å². The zero-order valence-corrected chi connectivity index (χ0v) is 18.3. The first-order valence-electron chi connectivity index (χ1n) is 8.97. The zero-order valence-electron chi connectivity index (χ0n) is 17.5. The molecule has 162 valence electrons. The van der Waals surface area contributed by atoms with Gasteiger partial charge < -0.3 is 14.2 Å². The van der Waals surface area contributed by atoms with Crippen molar-refractivity contribution in [2.45, 2.75) is 40.7 Å². The maximum Gasteiger partial charge on any atom is 0.308 e. The summed E-state index contributed by atoms with van der Waals surface area (Å²) in [4.78, 5) is 35.6. The Morgan fingerprint density at radius 3 is 2.03 bits per heavy atom. The Bertz CT molecular complexity index is 1120. The Hall–Kier alpha value is -3.14. The number of carbonyl (C=O) groups is 3. The normalized spacial score (nSPS) is 11.3. The van der Waals surface area contributed by atoms with Crippen LogP contribution in [0.25, 0.3) is 10.8 Å². The SMILES string of the molecule is CC(=O)Oc1cc(OC(C)C)c2cccc(N(C(C)=O)S(C)(=O)=O)c2c1OC(C)=O. The van der Waals surface area contributed by atoms with Crippen molar-refractivity contribution >= 4 is 44.3 Å². The van der Waals surface area contributed by atoms with E-state index in [0.29, 0.717) is 9.69 Å². The predicted octanol–water partition coefficient (Wildman–Crippen LogP) is 2.79. The summed E-state index contributed by atoms with van der Waals surface area (Å²) < 4.78 is 41.6. The quantitative estimate of drug-likeness (QED) is 0.500. The second-order valence-electron chi connectivity index (χ2n) is 6.80. The standard InChI is InChI=1S/C20H23NO8S/c1-11(2)27-17-10-18(28-13(4)23)20(29-14(5)24)19-15(17)8-7-9-16(19)21(12(3)22)30(6,25)26/h7-11H,1-6H3. The minimum atomic E-state index is -4.03. The molecule has 0 aliphatic carbocycles. The molecule has 2 aromatic rings. The largest absolute Gasteiger partial charge is 0.490 e. The number of ether oxygens (including phenoxy) is 3. The second-order valence-corrected chi connectivity index (χ2v) is 8.63. The number of hydrogen-bond acceptors (Lipinski definition) is 8. The number of hydrogen-bond donors (Lipinski definition) is 0. The van der Waals surface area contributed by atoms with E-state index in [4.69, 9.17) is 14.2 Å². The van der Waals surface area contributed by atoms with Crippen LogP contribution in [0, 0.1) is 0 Å². The van der Waals surface area contributed by atoms with Crippen molar-refractivity contribution < 1.29 is 37.0 Å². The van der Waals surface area contributed by atoms with Crippen LogP contribution in [0.3, 0.4) is 0 Å². The molecule has 0 aromatic heterocycles. The molecule has 30 heavy (non-hydrogen) atoms. The molecular weight excluding hydrogens is 414 g/mol. The number of carbonyl (C=O) groups excluding carboxylic acids is 3. The number of sulfonamides is 1. The number of nitrogens with zero attached hydrogens (tertiary/aromatic N) is 1. The van der Waals surface area contributed by atoms with E-state index in [-0.39, 0.29) is 34.4 Å². The van der Waals surface area contributed by atoms with Crippen molar-refractivity contribution in [1.82, 2.24) is 0 Å². The lowest BCUT2D eigenvalue weighted by molar-refractivity contribution is -0.134. The van der Waals surface area contributed by atoms with Crippen molar-refractivity contribution in [3.8, 4) is 17.2 Å². The third-order valence-electron chi connectivity index (χ3n) is 3.72. The lowest BCUT2D eigenvalue weighted by Gasteiger charge is -2.24. The molecule has 0 N–H and O–H groups in total. The molecule has 2 aromatic carbocycles. The van der Waals surface area contributed by atoms with Gasteiger partial charge in [-0.05, 0) is 19.9 Å². The molecule has 0 aliphatic rings. The van der Waals surface area contributed by atoms with Gasteiger partial charge in [0.05, 0.1) is 23.4 Å². The fourth-order valence-electron chi connectivity index (χ4n) is 2.95. The number of fused-ring (bicyclic) bond motifs is 1. The highest BCUT2D eigenvalue weighted by atomic mass is 32.2. The third kappa shape index (κ3) is 5.07. The molecule has 0 spiro atoms. The average Bonchev–Trinajstić information content (AvgIpc) is 2.55. The zero-order chi connectivity index (χ0) is 22.8. The van der Waals surface area contributed by atoms with E-state index in [1.807, 2.05) is 0 Å². The van der Waals surface area contributed by atoms with Gasteiger partial charge in [0.2, 0.25) is 15.9 Å². The minimum Gasteiger partial charge on any atom is -0.490 e. The summed E-state index contributed by atoms with van der Waals surface area (Å²) in [5.41, 5.74) is -0.0682. The van der Waals surface area contributed by atoms with Gasteiger partial charge in [-0.3, -0.25) is 14.4 Å². The summed E-state index contributed by atoms with van der Waals surface area (Å²) in [6.07, 6.45) is 0.598. The monoisotopic (exact) mass is 437 g/mol. The lowest BCUT2D eigenvalue weighted by atomic mass is 10.1. The van der Waals surface area contributed by atoms with Crippen LogP contribution in [0.15, 0.2) is 24.3 Å². The molecule has 2 rings (SSSR count). The number of anilines is 1. The summed E-state index contributed by atoms with van der Waals surface area (Å²) in [6.45, 7) is 6.95. The summed E-state index contributed by atoms with van der Waals surface area (Å²) in [6, 6.07) is 5.91. The number of esters is 2. The third-order valence-corrected chi connectivity index (χ3v) is 4.84. The molecule has 0 aliphatic heterocycles. The molecule has 0 heterocycles. The Morgan fingerprint density at radius 1 is 0.967 bits per heavy atom. The highest BCUT2D eigenvalue weighted by molar-refractivity contribution is 7.92. The van der Waals surface area contributed by atoms with E-state index in [0.717, 1.165) is 27.0 Å². The Kier molecular flexibility index (Phi) is 6.71. The van der Waals surface area contributed by atoms with Crippen LogP contribution in [0.1, 0.15) is 34.6 Å². The second kappa shape index (κ2) is 8.70. The van der Waals surface area contributed by atoms with Crippen LogP contribution < -0.4 is 18.5 Å². The highest BCUT2D eigenvalue weighted by Crippen LogP contribution is 2.47. The molecule has 0 unspecified atom stereocenters. The first-order valence-corrected chi connectivity index (χ1v) is 10.8. The van der Waals surface area contributed by atoms with E-state index in [1.165, 1.54) is 18.2 Å². The van der Waals surface area contributed by atoms with Crippen LogP contribution in [-0.2, 0) is 24.4 Å². The molecule has 10 heteroatoms. The Labute approximate surface area is 174 Å². The van der Waals surface area contributed by atoms with E-state index in [2.05, 4.69) is 0 Å². The maximum atomic E-state index is 12.4. The van der Waals surface area contributed by atoms with Gasteiger partial charge >= 0.3 is 11.9 Å². The molecule has 9 nitrogen and oxygen atoms in total. The van der Waals surface area contributed by atoms with Gasteiger partial charge in [0.1, 0.15) is 5.75 Å². The van der Waals surface area contributed by atoms with Crippen LogP contribution >= 0.6 is 0 Å². The number of rotatable bonds is 6. The molecule has 0 bridgehead atoms. The molecule has 0 saturated heterocycles. The number of amides is 1. The highest BCUT2D eigenvalue weighted by Gasteiger charge is 2.29. The summed E-state index contributed by atoms with van der Waals surface area (Å²) in [7, 11) is -4.03. The topological polar surface area (TPSA) is 116 Å². The van der Waals surface area contributed by atoms with E-state index in [9.17, 15) is 22.8 Å². The van der Waals surface area contributed by atoms with E-state index >= 15 is 0 Å². The number of benzene rings is 2. The molecular formula is C20H23NO8S. The lowest BCUT2D eigenvalue weighted by Crippen LogP contribution is -2.34. The molecule has 1 amide bonds. The average molecular weight is 437 g/mol. The van der Waals surface area contributed by atoms with Gasteiger partial charge in [0, 0.05) is 32.2 Å². The molecule has 0 atom stereocenters. The van der Waals surface area contributed by atoms with Crippen LogP contribution in [0.5, 0.6) is 17.2 Å². The van der Waals surface area contributed by atoms with Crippen molar-refractivity contribution in [3.05, 3.63) is 24.3 Å². The minimum absolute atomic E-state index is 0.0682. The maximum absolute atomic E-state index is 12.4. The molecule has 0 saturated carbocycles. The summed E-state index contributed by atoms with van der Waals surface area (Å²) >= 11 is 0. The van der Waals surface area contributed by atoms with Gasteiger partial charge in [0.25, 0.3) is 0 Å². The molecule has 0 radical (unpaired) electrons. The van der Waals surface area contributed by atoms with Crippen LogP contribution in [0.4, 0.5) is 5.69 Å². The van der Waals surface area contributed by atoms with Crippen LogP contribution in [-0.4, -0.2) is 38.6 Å².